The smallest absolute Gasteiger partial charge is 0.255 e. The number of aromatic amines is 1. The number of nitrogens with zero attached hydrogens (tertiary/aromatic N) is 2. The van der Waals surface area contributed by atoms with Gasteiger partial charge in [0.25, 0.3) is 5.56 Å². The number of aromatic nitrogens is 3. The highest BCUT2D eigenvalue weighted by molar-refractivity contribution is 6.30. The Morgan fingerprint density at radius 3 is 2.92 bits per heavy atom. The molecule has 0 saturated carbocycles. The Kier molecular flexibility index (Phi) is 5.00. The summed E-state index contributed by atoms with van der Waals surface area (Å²) in [6.45, 7) is 4.26. The molecule has 6 nitrogen and oxygen atoms in total. The number of anilines is 2. The highest BCUT2D eigenvalue weighted by atomic mass is 35.5. The van der Waals surface area contributed by atoms with E-state index < -0.39 is 0 Å². The Morgan fingerprint density at radius 2 is 2.16 bits per heavy atom. The van der Waals surface area contributed by atoms with Crippen LogP contribution in [-0.2, 0) is 0 Å². The fourth-order valence-electron chi connectivity index (χ4n) is 2.36. The van der Waals surface area contributed by atoms with Gasteiger partial charge in [-0.25, -0.2) is 9.97 Å². The van der Waals surface area contributed by atoms with Gasteiger partial charge in [-0.1, -0.05) is 17.7 Å². The number of hydrogen-bond donors (Lipinski definition) is 2. The molecule has 3 aromatic rings. The van der Waals surface area contributed by atoms with E-state index in [0.29, 0.717) is 40.1 Å². The number of H-pyrrole nitrogens is 1. The van der Waals surface area contributed by atoms with Crippen LogP contribution >= 0.6 is 11.6 Å². The second-order valence-corrected chi connectivity index (χ2v) is 5.79. The molecule has 0 radical (unpaired) electrons. The standard InChI is InChI=1S/C18H17ClN4O2/c1-3-25-15-7-12(14-8-13(19)10-21-18(14)24)9-20-17(15)23-16-6-4-5-11(2)22-16/h4-10H,3H2,1-2H3,(H,21,24)(H,20,22,23). The predicted molar refractivity (Wildman–Crippen MR) is 98.7 cm³/mol. The molecular formula is C18H17ClN4O2. The van der Waals surface area contributed by atoms with Crippen LogP contribution in [0.2, 0.25) is 5.02 Å². The van der Waals surface area contributed by atoms with Crippen LogP contribution < -0.4 is 15.6 Å². The summed E-state index contributed by atoms with van der Waals surface area (Å²) >= 11 is 5.98. The second-order valence-electron chi connectivity index (χ2n) is 5.35. The molecular weight excluding hydrogens is 340 g/mol. The zero-order chi connectivity index (χ0) is 17.8. The van der Waals surface area contributed by atoms with Crippen LogP contribution in [0.1, 0.15) is 12.6 Å². The maximum Gasteiger partial charge on any atom is 0.255 e. The van der Waals surface area contributed by atoms with Crippen molar-refractivity contribution in [3.63, 3.8) is 0 Å². The Morgan fingerprint density at radius 1 is 1.32 bits per heavy atom. The molecule has 7 heteroatoms. The lowest BCUT2D eigenvalue weighted by atomic mass is 10.1. The van der Waals surface area contributed by atoms with Crippen molar-refractivity contribution in [3.05, 3.63) is 63.8 Å². The third-order valence-corrected chi connectivity index (χ3v) is 3.68. The zero-order valence-electron chi connectivity index (χ0n) is 13.8. The molecule has 0 fully saturated rings. The quantitative estimate of drug-likeness (QED) is 0.723. The summed E-state index contributed by atoms with van der Waals surface area (Å²) in [5, 5.41) is 3.59. The van der Waals surface area contributed by atoms with E-state index in [1.165, 1.54) is 6.20 Å². The summed E-state index contributed by atoms with van der Waals surface area (Å²) in [5.74, 6) is 1.73. The van der Waals surface area contributed by atoms with Crippen molar-refractivity contribution < 1.29 is 4.74 Å². The average Bonchev–Trinajstić information content (AvgIpc) is 2.59. The van der Waals surface area contributed by atoms with Gasteiger partial charge in [0.05, 0.1) is 17.2 Å². The van der Waals surface area contributed by atoms with E-state index in [-0.39, 0.29) is 5.56 Å². The highest BCUT2D eigenvalue weighted by Crippen LogP contribution is 2.30. The van der Waals surface area contributed by atoms with Crippen molar-refractivity contribution in [3.8, 4) is 16.9 Å². The number of halogens is 1. The van der Waals surface area contributed by atoms with Crippen molar-refractivity contribution in [2.24, 2.45) is 0 Å². The van der Waals surface area contributed by atoms with Gasteiger partial charge < -0.3 is 15.0 Å². The van der Waals surface area contributed by atoms with E-state index in [1.807, 2.05) is 32.0 Å². The van der Waals surface area contributed by atoms with Crippen LogP contribution in [0, 0.1) is 6.92 Å². The summed E-state index contributed by atoms with van der Waals surface area (Å²) in [5.41, 5.74) is 1.70. The molecule has 0 aliphatic rings. The molecule has 3 rings (SSSR count). The van der Waals surface area contributed by atoms with E-state index in [4.69, 9.17) is 16.3 Å². The number of pyridine rings is 3. The highest BCUT2D eigenvalue weighted by Gasteiger charge is 2.12. The summed E-state index contributed by atoms with van der Waals surface area (Å²) in [4.78, 5) is 23.4. The third kappa shape index (κ3) is 3.97. The molecule has 0 amide bonds. The molecule has 0 aliphatic heterocycles. The Hall–Kier alpha value is -2.86. The first-order valence-electron chi connectivity index (χ1n) is 7.79. The van der Waals surface area contributed by atoms with Crippen LogP contribution in [0.3, 0.4) is 0 Å². The van der Waals surface area contributed by atoms with E-state index >= 15 is 0 Å². The molecule has 0 saturated heterocycles. The molecule has 0 bridgehead atoms. The minimum atomic E-state index is -0.241. The SMILES string of the molecule is CCOc1cc(-c2cc(Cl)c[nH]c2=O)cnc1Nc1cccc(C)n1. The number of nitrogens with one attached hydrogen (secondary N) is 2. The monoisotopic (exact) mass is 356 g/mol. The molecule has 0 aliphatic carbocycles. The van der Waals surface area contributed by atoms with Crippen molar-refractivity contribution >= 4 is 23.2 Å². The molecule has 3 aromatic heterocycles. The van der Waals surface area contributed by atoms with E-state index in [9.17, 15) is 4.79 Å². The minimum absolute atomic E-state index is 0.241. The van der Waals surface area contributed by atoms with Gasteiger partial charge in [-0.3, -0.25) is 4.79 Å². The number of rotatable bonds is 5. The van der Waals surface area contributed by atoms with Crippen LogP contribution in [0.15, 0.2) is 47.5 Å². The van der Waals surface area contributed by atoms with E-state index in [2.05, 4.69) is 20.3 Å². The van der Waals surface area contributed by atoms with Gasteiger partial charge >= 0.3 is 0 Å². The lowest BCUT2D eigenvalue weighted by molar-refractivity contribution is 0.341. The molecule has 0 atom stereocenters. The van der Waals surface area contributed by atoms with Crippen molar-refractivity contribution in [1.82, 2.24) is 15.0 Å². The van der Waals surface area contributed by atoms with E-state index in [1.54, 1.807) is 18.3 Å². The molecule has 128 valence electrons. The Bertz CT molecular complexity index is 956. The molecule has 2 N–H and O–H groups in total. The average molecular weight is 357 g/mol. The summed E-state index contributed by atoms with van der Waals surface area (Å²) < 4.78 is 5.67. The van der Waals surface area contributed by atoms with Gasteiger partial charge in [-0.15, -0.1) is 0 Å². The van der Waals surface area contributed by atoms with Crippen molar-refractivity contribution in [2.75, 3.05) is 11.9 Å². The molecule has 3 heterocycles. The Balaban J connectivity index is 2.00. The fraction of sp³-hybridized carbons (Fsp3) is 0.167. The van der Waals surface area contributed by atoms with E-state index in [0.717, 1.165) is 5.69 Å². The minimum Gasteiger partial charge on any atom is -0.490 e. The first kappa shape index (κ1) is 17.0. The maximum atomic E-state index is 12.0. The zero-order valence-corrected chi connectivity index (χ0v) is 14.6. The van der Waals surface area contributed by atoms with Crippen molar-refractivity contribution in [2.45, 2.75) is 13.8 Å². The molecule has 0 aromatic carbocycles. The first-order chi connectivity index (χ1) is 12.1. The van der Waals surface area contributed by atoms with Gasteiger partial charge in [-0.2, -0.15) is 0 Å². The number of aryl methyl sites for hydroxylation is 1. The largest absolute Gasteiger partial charge is 0.490 e. The fourth-order valence-corrected chi connectivity index (χ4v) is 2.52. The van der Waals surface area contributed by atoms with Crippen molar-refractivity contribution in [1.29, 1.82) is 0 Å². The normalized spacial score (nSPS) is 10.5. The topological polar surface area (TPSA) is 79.9 Å². The third-order valence-electron chi connectivity index (χ3n) is 3.47. The number of hydrogen-bond acceptors (Lipinski definition) is 5. The van der Waals surface area contributed by atoms with Crippen LogP contribution in [0.4, 0.5) is 11.6 Å². The van der Waals surface area contributed by atoms with Crippen LogP contribution in [0.25, 0.3) is 11.1 Å². The van der Waals surface area contributed by atoms with Crippen LogP contribution in [-0.4, -0.2) is 21.6 Å². The van der Waals surface area contributed by atoms with Gasteiger partial charge in [0, 0.05) is 23.7 Å². The van der Waals surface area contributed by atoms with Gasteiger partial charge in [0.15, 0.2) is 11.6 Å². The molecule has 0 spiro atoms. The lowest BCUT2D eigenvalue weighted by Crippen LogP contribution is -2.08. The first-order valence-corrected chi connectivity index (χ1v) is 8.16. The molecule has 0 unspecified atom stereocenters. The summed E-state index contributed by atoms with van der Waals surface area (Å²) in [7, 11) is 0. The lowest BCUT2D eigenvalue weighted by Gasteiger charge is -2.13. The predicted octanol–water partition coefficient (Wildman–Crippen LogP) is 3.94. The van der Waals surface area contributed by atoms with Gasteiger partial charge in [0.1, 0.15) is 5.82 Å². The van der Waals surface area contributed by atoms with Gasteiger partial charge in [0.2, 0.25) is 0 Å². The Labute approximate surface area is 149 Å². The maximum absolute atomic E-state index is 12.0. The van der Waals surface area contributed by atoms with Gasteiger partial charge in [-0.05, 0) is 38.1 Å². The summed E-state index contributed by atoms with van der Waals surface area (Å²) in [6, 6.07) is 9.03. The number of ether oxygens (including phenoxy) is 1. The molecule has 25 heavy (non-hydrogen) atoms. The second kappa shape index (κ2) is 7.36. The summed E-state index contributed by atoms with van der Waals surface area (Å²) in [6.07, 6.45) is 3.05. The van der Waals surface area contributed by atoms with Crippen LogP contribution in [0.5, 0.6) is 5.75 Å².